The van der Waals surface area contributed by atoms with E-state index in [0.717, 1.165) is 26.2 Å². The van der Waals surface area contributed by atoms with Crippen LogP contribution in [0.2, 0.25) is 0 Å². The Bertz CT molecular complexity index is 469. The van der Waals surface area contributed by atoms with Crippen LogP contribution in [-0.4, -0.2) is 54.9 Å². The number of esters is 1. The minimum absolute atomic E-state index is 0.0802. The van der Waals surface area contributed by atoms with Crippen molar-refractivity contribution in [1.29, 1.82) is 0 Å². The fourth-order valence-corrected chi connectivity index (χ4v) is 1.85. The number of hydrogen-bond donors (Lipinski definition) is 2. The molecule has 0 aliphatic carbocycles. The summed E-state index contributed by atoms with van der Waals surface area (Å²) in [7, 11) is 0. The number of carboxylic acid groups (broad SMARTS) is 1. The molecule has 0 unspecified atom stereocenters. The van der Waals surface area contributed by atoms with Crippen molar-refractivity contribution in [3.63, 3.8) is 0 Å². The average Bonchev–Trinajstić information content (AvgIpc) is 2.46. The first-order chi connectivity index (χ1) is 9.16. The molecule has 1 saturated heterocycles. The highest BCUT2D eigenvalue weighted by molar-refractivity contribution is 5.94. The predicted octanol–water partition coefficient (Wildman–Crippen LogP) is 0.404. The molecule has 1 fully saturated rings. The summed E-state index contributed by atoms with van der Waals surface area (Å²) in [4.78, 5) is 24.6. The summed E-state index contributed by atoms with van der Waals surface area (Å²) < 4.78 is 5.17. The maximum Gasteiger partial charge on any atom is 0.339 e. The zero-order chi connectivity index (χ0) is 13.7. The Kier molecular flexibility index (Phi) is 4.48. The molecule has 6 heteroatoms. The first-order valence-corrected chi connectivity index (χ1v) is 6.10. The van der Waals surface area contributed by atoms with Gasteiger partial charge in [0.05, 0.1) is 11.1 Å². The van der Waals surface area contributed by atoms with Crippen molar-refractivity contribution in [1.82, 2.24) is 10.2 Å². The molecule has 1 aromatic rings. The topological polar surface area (TPSA) is 78.9 Å². The Morgan fingerprint density at radius 2 is 1.95 bits per heavy atom. The van der Waals surface area contributed by atoms with E-state index in [1.165, 1.54) is 18.2 Å². The molecule has 2 rings (SSSR count). The van der Waals surface area contributed by atoms with Crippen LogP contribution in [0.25, 0.3) is 0 Å². The van der Waals surface area contributed by atoms with Crippen molar-refractivity contribution in [2.75, 3.05) is 32.9 Å². The quantitative estimate of drug-likeness (QED) is 0.767. The number of hydrogen-bond acceptors (Lipinski definition) is 5. The lowest BCUT2D eigenvalue weighted by Gasteiger charge is -2.26. The lowest BCUT2D eigenvalue weighted by molar-refractivity contribution is 0.0188. The lowest BCUT2D eigenvalue weighted by Crippen LogP contribution is -2.44. The van der Waals surface area contributed by atoms with Gasteiger partial charge in [0.25, 0.3) is 0 Å². The summed E-state index contributed by atoms with van der Waals surface area (Å²) in [6.45, 7) is 3.67. The molecule has 1 aromatic carbocycles. The third kappa shape index (κ3) is 3.77. The van der Waals surface area contributed by atoms with Crippen LogP contribution in [-0.2, 0) is 4.74 Å². The van der Waals surface area contributed by atoms with Crippen molar-refractivity contribution in [3.05, 3.63) is 35.4 Å². The third-order valence-corrected chi connectivity index (χ3v) is 2.93. The second-order valence-corrected chi connectivity index (χ2v) is 4.31. The second-order valence-electron chi connectivity index (χ2n) is 4.31. The summed E-state index contributed by atoms with van der Waals surface area (Å²) in [5, 5.41) is 12.1. The normalized spacial score (nSPS) is 16.0. The first kappa shape index (κ1) is 13.5. The summed E-state index contributed by atoms with van der Waals surface area (Å²) in [5.41, 5.74) is 0.339. The molecule has 1 heterocycles. The van der Waals surface area contributed by atoms with E-state index < -0.39 is 11.9 Å². The second kappa shape index (κ2) is 6.31. The van der Waals surface area contributed by atoms with Crippen LogP contribution in [0.3, 0.4) is 0 Å². The minimum atomic E-state index is -1.06. The number of nitrogens with one attached hydrogen (secondary N) is 1. The molecule has 0 saturated carbocycles. The fourth-order valence-electron chi connectivity index (χ4n) is 1.85. The number of carbonyl (C=O) groups excluding carboxylic acids is 1. The minimum Gasteiger partial charge on any atom is -0.478 e. The number of rotatable bonds is 4. The van der Waals surface area contributed by atoms with E-state index >= 15 is 0 Å². The molecular formula is C13H16N2O4. The van der Waals surface area contributed by atoms with Gasteiger partial charge in [-0.15, -0.1) is 0 Å². The van der Waals surface area contributed by atoms with Crippen molar-refractivity contribution in [2.24, 2.45) is 0 Å². The van der Waals surface area contributed by atoms with Crippen LogP contribution in [0.4, 0.5) is 0 Å². The number of carboxylic acids is 1. The monoisotopic (exact) mass is 264 g/mol. The van der Waals surface area contributed by atoms with E-state index in [4.69, 9.17) is 9.84 Å². The highest BCUT2D eigenvalue weighted by Gasteiger charge is 2.14. The average molecular weight is 264 g/mol. The molecule has 0 aromatic heterocycles. The van der Waals surface area contributed by atoms with Crippen molar-refractivity contribution < 1.29 is 19.4 Å². The largest absolute Gasteiger partial charge is 0.478 e. The SMILES string of the molecule is O=C(O)c1cccc(C(=O)OCN2CCNCC2)c1. The van der Waals surface area contributed by atoms with Crippen LogP contribution in [0.15, 0.2) is 24.3 Å². The number of benzene rings is 1. The molecule has 102 valence electrons. The van der Waals surface area contributed by atoms with Crippen LogP contribution < -0.4 is 5.32 Å². The van der Waals surface area contributed by atoms with E-state index in [0.29, 0.717) is 0 Å². The van der Waals surface area contributed by atoms with Crippen LogP contribution >= 0.6 is 0 Å². The maximum atomic E-state index is 11.8. The summed E-state index contributed by atoms with van der Waals surface area (Å²) in [5.74, 6) is -1.56. The first-order valence-electron chi connectivity index (χ1n) is 6.10. The Morgan fingerprint density at radius 1 is 1.26 bits per heavy atom. The molecule has 0 radical (unpaired) electrons. The molecule has 1 aliphatic heterocycles. The van der Waals surface area contributed by atoms with Crippen molar-refractivity contribution in [3.8, 4) is 0 Å². The molecular weight excluding hydrogens is 248 g/mol. The smallest absolute Gasteiger partial charge is 0.339 e. The highest BCUT2D eigenvalue weighted by Crippen LogP contribution is 2.07. The summed E-state index contributed by atoms with van der Waals surface area (Å²) in [6.07, 6.45) is 0. The third-order valence-electron chi connectivity index (χ3n) is 2.93. The van der Waals surface area contributed by atoms with Gasteiger partial charge in [0, 0.05) is 26.2 Å². The van der Waals surface area contributed by atoms with Gasteiger partial charge in [0.2, 0.25) is 0 Å². The Balaban J connectivity index is 1.92. The van der Waals surface area contributed by atoms with Gasteiger partial charge in [-0.05, 0) is 18.2 Å². The van der Waals surface area contributed by atoms with Crippen LogP contribution in [0, 0.1) is 0 Å². The number of nitrogens with zero attached hydrogens (tertiary/aromatic N) is 1. The van der Waals surface area contributed by atoms with Crippen molar-refractivity contribution >= 4 is 11.9 Å². The molecule has 0 spiro atoms. The zero-order valence-electron chi connectivity index (χ0n) is 10.5. The standard InChI is InChI=1S/C13H16N2O4/c16-12(17)10-2-1-3-11(8-10)13(18)19-9-15-6-4-14-5-7-15/h1-3,8,14H,4-7,9H2,(H,16,17). The van der Waals surface area contributed by atoms with E-state index in [2.05, 4.69) is 5.32 Å². The van der Waals surface area contributed by atoms with Gasteiger partial charge in [0.1, 0.15) is 6.73 Å². The van der Waals surface area contributed by atoms with Gasteiger partial charge in [0.15, 0.2) is 0 Å². The molecule has 6 nitrogen and oxygen atoms in total. The van der Waals surface area contributed by atoms with Gasteiger partial charge in [-0.2, -0.15) is 0 Å². The Hall–Kier alpha value is -1.92. The highest BCUT2D eigenvalue weighted by atomic mass is 16.5. The van der Waals surface area contributed by atoms with Gasteiger partial charge in [-0.3, -0.25) is 4.90 Å². The van der Waals surface area contributed by atoms with Gasteiger partial charge in [-0.1, -0.05) is 6.07 Å². The molecule has 0 bridgehead atoms. The number of carbonyl (C=O) groups is 2. The van der Waals surface area contributed by atoms with Gasteiger partial charge in [-0.25, -0.2) is 9.59 Å². The predicted molar refractivity (Wildman–Crippen MR) is 68.1 cm³/mol. The van der Waals surface area contributed by atoms with E-state index in [1.54, 1.807) is 6.07 Å². The van der Waals surface area contributed by atoms with Gasteiger partial charge >= 0.3 is 11.9 Å². The summed E-state index contributed by atoms with van der Waals surface area (Å²) >= 11 is 0. The van der Waals surface area contributed by atoms with E-state index in [9.17, 15) is 9.59 Å². The molecule has 2 N–H and O–H groups in total. The van der Waals surface area contributed by atoms with E-state index in [-0.39, 0.29) is 17.9 Å². The Labute approximate surface area is 111 Å². The molecule has 1 aliphatic rings. The van der Waals surface area contributed by atoms with Crippen LogP contribution in [0.5, 0.6) is 0 Å². The maximum absolute atomic E-state index is 11.8. The van der Waals surface area contributed by atoms with Crippen molar-refractivity contribution in [2.45, 2.75) is 0 Å². The van der Waals surface area contributed by atoms with Crippen LogP contribution in [0.1, 0.15) is 20.7 Å². The molecule has 19 heavy (non-hydrogen) atoms. The zero-order valence-corrected chi connectivity index (χ0v) is 10.5. The van der Waals surface area contributed by atoms with Gasteiger partial charge < -0.3 is 15.2 Å². The number of piperazine rings is 1. The summed E-state index contributed by atoms with van der Waals surface area (Å²) in [6, 6.07) is 5.84. The number of aromatic carboxylic acids is 1. The molecule has 0 atom stereocenters. The van der Waals surface area contributed by atoms with E-state index in [1.807, 2.05) is 4.90 Å². The fraction of sp³-hybridized carbons (Fsp3) is 0.385. The molecule has 0 amide bonds. The Morgan fingerprint density at radius 3 is 2.63 bits per heavy atom. The number of ether oxygens (including phenoxy) is 1. The lowest BCUT2D eigenvalue weighted by atomic mass is 10.1.